The zero-order chi connectivity index (χ0) is 21.3. The molecule has 0 radical (unpaired) electrons. The van der Waals surface area contributed by atoms with Crippen molar-refractivity contribution in [1.29, 1.82) is 0 Å². The molecule has 0 bridgehead atoms. The zero-order valence-electron chi connectivity index (χ0n) is 18.1. The van der Waals surface area contributed by atoms with E-state index in [-0.39, 0.29) is 5.91 Å². The average Bonchev–Trinajstić information content (AvgIpc) is 2.77. The van der Waals surface area contributed by atoms with Crippen LogP contribution in [0.25, 0.3) is 0 Å². The lowest BCUT2D eigenvalue weighted by atomic mass is 9.97. The SMILES string of the molecule is CCOc1cccc(CN2CCC[C@@H](CNC(=O)c3cccc(OC)c3OC)C2)c1. The summed E-state index contributed by atoms with van der Waals surface area (Å²) in [4.78, 5) is 15.2. The van der Waals surface area contributed by atoms with E-state index in [1.165, 1.54) is 5.56 Å². The van der Waals surface area contributed by atoms with E-state index in [1.807, 2.05) is 19.1 Å². The van der Waals surface area contributed by atoms with E-state index in [1.54, 1.807) is 32.4 Å². The van der Waals surface area contributed by atoms with Crippen LogP contribution in [0.2, 0.25) is 0 Å². The lowest BCUT2D eigenvalue weighted by Gasteiger charge is -2.33. The quantitative estimate of drug-likeness (QED) is 0.680. The van der Waals surface area contributed by atoms with Gasteiger partial charge in [0.05, 0.1) is 26.4 Å². The highest BCUT2D eigenvalue weighted by Crippen LogP contribution is 2.30. The monoisotopic (exact) mass is 412 g/mol. The van der Waals surface area contributed by atoms with Crippen LogP contribution in [0.1, 0.15) is 35.7 Å². The third-order valence-corrected chi connectivity index (χ3v) is 5.42. The lowest BCUT2D eigenvalue weighted by molar-refractivity contribution is 0.0927. The molecule has 1 atom stereocenters. The Kier molecular flexibility index (Phi) is 7.97. The van der Waals surface area contributed by atoms with E-state index in [0.717, 1.165) is 38.2 Å². The molecule has 6 heteroatoms. The van der Waals surface area contributed by atoms with Crippen LogP contribution in [0.4, 0.5) is 0 Å². The van der Waals surface area contributed by atoms with Crippen LogP contribution >= 0.6 is 0 Å². The first kappa shape index (κ1) is 22.0. The van der Waals surface area contributed by atoms with E-state index >= 15 is 0 Å². The third-order valence-electron chi connectivity index (χ3n) is 5.42. The normalized spacial score (nSPS) is 16.7. The predicted octanol–water partition coefficient (Wildman–Crippen LogP) is 3.74. The van der Waals surface area contributed by atoms with Crippen LogP contribution in [0.5, 0.6) is 17.2 Å². The minimum absolute atomic E-state index is 0.132. The standard InChI is InChI=1S/C24H32N2O4/c1-4-30-20-10-5-8-18(14-20)16-26-13-7-9-19(17-26)15-25-24(27)21-11-6-12-22(28-2)23(21)29-3/h5-6,8,10-12,14,19H,4,7,9,13,15-17H2,1-3H3,(H,25,27)/t19-/m0/s1. The van der Waals surface area contributed by atoms with Crippen molar-refractivity contribution in [3.63, 3.8) is 0 Å². The number of ether oxygens (including phenoxy) is 3. The van der Waals surface area contributed by atoms with Crippen LogP contribution < -0.4 is 19.5 Å². The van der Waals surface area contributed by atoms with Crippen molar-refractivity contribution in [3.8, 4) is 17.2 Å². The number of nitrogens with zero attached hydrogens (tertiary/aromatic N) is 1. The van der Waals surface area contributed by atoms with E-state index < -0.39 is 0 Å². The Balaban J connectivity index is 1.55. The van der Waals surface area contributed by atoms with Gasteiger partial charge in [0.1, 0.15) is 5.75 Å². The second-order valence-corrected chi connectivity index (χ2v) is 7.57. The molecular weight excluding hydrogens is 380 g/mol. The van der Waals surface area contributed by atoms with Crippen molar-refractivity contribution >= 4 is 5.91 Å². The summed E-state index contributed by atoms with van der Waals surface area (Å²) < 4.78 is 16.3. The number of carbonyl (C=O) groups excluding carboxylic acids is 1. The number of hydrogen-bond acceptors (Lipinski definition) is 5. The molecule has 1 heterocycles. The van der Waals surface area contributed by atoms with Crippen molar-refractivity contribution in [1.82, 2.24) is 10.2 Å². The Morgan fingerprint density at radius 1 is 1.17 bits per heavy atom. The van der Waals surface area contributed by atoms with Gasteiger partial charge in [0.2, 0.25) is 0 Å². The number of para-hydroxylation sites is 1. The fourth-order valence-corrected chi connectivity index (χ4v) is 4.02. The minimum Gasteiger partial charge on any atom is -0.494 e. The van der Waals surface area contributed by atoms with Gasteiger partial charge in [-0.25, -0.2) is 0 Å². The summed E-state index contributed by atoms with van der Waals surface area (Å²) in [6, 6.07) is 13.6. The highest BCUT2D eigenvalue weighted by atomic mass is 16.5. The van der Waals surface area contributed by atoms with Crippen LogP contribution in [0.15, 0.2) is 42.5 Å². The Labute approximate surface area is 179 Å². The van der Waals surface area contributed by atoms with E-state index in [2.05, 4.69) is 22.3 Å². The summed E-state index contributed by atoms with van der Waals surface area (Å²) in [6.45, 7) is 6.26. The zero-order valence-corrected chi connectivity index (χ0v) is 18.1. The number of nitrogens with one attached hydrogen (secondary N) is 1. The number of hydrogen-bond donors (Lipinski definition) is 1. The van der Waals surface area contributed by atoms with Gasteiger partial charge < -0.3 is 19.5 Å². The maximum Gasteiger partial charge on any atom is 0.255 e. The van der Waals surface area contributed by atoms with Gasteiger partial charge in [-0.1, -0.05) is 18.2 Å². The first-order valence-corrected chi connectivity index (χ1v) is 10.6. The van der Waals surface area contributed by atoms with E-state index in [0.29, 0.717) is 36.1 Å². The average molecular weight is 413 g/mol. The van der Waals surface area contributed by atoms with E-state index in [9.17, 15) is 4.79 Å². The van der Waals surface area contributed by atoms with Crippen molar-refractivity contribution in [2.75, 3.05) is 40.5 Å². The number of benzene rings is 2. The maximum atomic E-state index is 12.7. The smallest absolute Gasteiger partial charge is 0.255 e. The summed E-state index contributed by atoms with van der Waals surface area (Å²) in [6.07, 6.45) is 2.25. The summed E-state index contributed by atoms with van der Waals surface area (Å²) in [5.41, 5.74) is 1.75. The van der Waals surface area contributed by atoms with Crippen molar-refractivity contribution in [3.05, 3.63) is 53.6 Å². The first-order chi connectivity index (χ1) is 14.6. The molecule has 3 rings (SSSR count). The topological polar surface area (TPSA) is 60.0 Å². The third kappa shape index (κ3) is 5.66. The Hall–Kier alpha value is -2.73. The van der Waals surface area contributed by atoms with Crippen molar-refractivity contribution in [2.24, 2.45) is 5.92 Å². The largest absolute Gasteiger partial charge is 0.494 e. The molecule has 0 aliphatic carbocycles. The highest BCUT2D eigenvalue weighted by molar-refractivity contribution is 5.97. The fraction of sp³-hybridized carbons (Fsp3) is 0.458. The molecule has 6 nitrogen and oxygen atoms in total. The van der Waals surface area contributed by atoms with Gasteiger partial charge in [-0.15, -0.1) is 0 Å². The van der Waals surface area contributed by atoms with Gasteiger partial charge in [0, 0.05) is 19.6 Å². The second kappa shape index (κ2) is 10.9. The van der Waals surface area contributed by atoms with Crippen LogP contribution in [-0.2, 0) is 6.54 Å². The highest BCUT2D eigenvalue weighted by Gasteiger charge is 2.22. The Morgan fingerprint density at radius 2 is 2.00 bits per heavy atom. The Morgan fingerprint density at radius 3 is 2.77 bits per heavy atom. The molecular formula is C24H32N2O4. The van der Waals surface area contributed by atoms with Gasteiger partial charge in [0.15, 0.2) is 11.5 Å². The number of piperidine rings is 1. The number of amides is 1. The Bertz CT molecular complexity index is 840. The maximum absolute atomic E-state index is 12.7. The van der Waals surface area contributed by atoms with Crippen LogP contribution in [0, 0.1) is 5.92 Å². The molecule has 2 aromatic carbocycles. The molecule has 1 aliphatic heterocycles. The van der Waals surface area contributed by atoms with Crippen molar-refractivity contribution in [2.45, 2.75) is 26.3 Å². The molecule has 1 N–H and O–H groups in total. The number of likely N-dealkylation sites (tertiary alicyclic amines) is 1. The molecule has 0 spiro atoms. The number of carbonyl (C=O) groups is 1. The lowest BCUT2D eigenvalue weighted by Crippen LogP contribution is -2.40. The van der Waals surface area contributed by atoms with Gasteiger partial charge in [-0.2, -0.15) is 0 Å². The molecule has 1 fully saturated rings. The summed E-state index contributed by atoms with van der Waals surface area (Å²) >= 11 is 0. The van der Waals surface area contributed by atoms with Crippen LogP contribution in [0.3, 0.4) is 0 Å². The molecule has 162 valence electrons. The fourth-order valence-electron chi connectivity index (χ4n) is 4.02. The molecule has 30 heavy (non-hydrogen) atoms. The van der Waals surface area contributed by atoms with Gasteiger partial charge in [0.25, 0.3) is 5.91 Å². The summed E-state index contributed by atoms with van der Waals surface area (Å²) in [5, 5.41) is 3.08. The van der Waals surface area contributed by atoms with E-state index in [4.69, 9.17) is 14.2 Å². The first-order valence-electron chi connectivity index (χ1n) is 10.6. The minimum atomic E-state index is -0.132. The molecule has 0 aromatic heterocycles. The molecule has 1 saturated heterocycles. The second-order valence-electron chi connectivity index (χ2n) is 7.57. The molecule has 2 aromatic rings. The van der Waals surface area contributed by atoms with Crippen molar-refractivity contribution < 1.29 is 19.0 Å². The predicted molar refractivity (Wildman–Crippen MR) is 117 cm³/mol. The van der Waals surface area contributed by atoms with Gasteiger partial charge >= 0.3 is 0 Å². The van der Waals surface area contributed by atoms with Gasteiger partial charge in [-0.3, -0.25) is 9.69 Å². The van der Waals surface area contributed by atoms with Gasteiger partial charge in [-0.05, 0) is 62.1 Å². The van der Waals surface area contributed by atoms with Crippen LogP contribution in [-0.4, -0.2) is 51.3 Å². The molecule has 0 saturated carbocycles. The number of methoxy groups -OCH3 is 2. The summed E-state index contributed by atoms with van der Waals surface area (Å²) in [5.74, 6) is 2.24. The summed E-state index contributed by atoms with van der Waals surface area (Å²) in [7, 11) is 3.12. The molecule has 1 aliphatic rings. The number of rotatable bonds is 9. The molecule has 0 unspecified atom stereocenters. The molecule has 1 amide bonds.